The third kappa shape index (κ3) is 2.65. The number of halogens is 1. The maximum Gasteiger partial charge on any atom is 0.265 e. The highest BCUT2D eigenvalue weighted by Gasteiger charge is 2.06. The molecule has 0 radical (unpaired) electrons. The first kappa shape index (κ1) is 11.4. The van der Waals surface area contributed by atoms with Gasteiger partial charge in [0.2, 0.25) is 0 Å². The van der Waals surface area contributed by atoms with Gasteiger partial charge < -0.3 is 9.72 Å². The van der Waals surface area contributed by atoms with Crippen molar-refractivity contribution in [2.75, 3.05) is 13.7 Å². The smallest absolute Gasteiger partial charge is 0.265 e. The minimum Gasteiger partial charge on any atom is -0.384 e. The quantitative estimate of drug-likeness (QED) is 0.888. The number of hydrogen-bond acceptors (Lipinski definition) is 3. The first-order valence-electron chi connectivity index (χ1n) is 4.45. The lowest BCUT2D eigenvalue weighted by Gasteiger charge is -2.04. The summed E-state index contributed by atoms with van der Waals surface area (Å²) >= 11 is 3.21. The third-order valence-electron chi connectivity index (χ3n) is 1.86. The van der Waals surface area contributed by atoms with Gasteiger partial charge in [0.1, 0.15) is 10.3 Å². The van der Waals surface area contributed by atoms with Crippen LogP contribution in [0.3, 0.4) is 0 Å². The van der Waals surface area contributed by atoms with Crippen molar-refractivity contribution in [3.05, 3.63) is 26.3 Å². The molecule has 0 fully saturated rings. The van der Waals surface area contributed by atoms with Crippen molar-refractivity contribution in [3.63, 3.8) is 0 Å². The van der Waals surface area contributed by atoms with Crippen molar-refractivity contribution >= 4 is 15.9 Å². The van der Waals surface area contributed by atoms with Crippen LogP contribution in [0.25, 0.3) is 0 Å². The number of nitrogens with zero attached hydrogens (tertiary/aromatic N) is 1. The van der Waals surface area contributed by atoms with Crippen LogP contribution in [0.1, 0.15) is 18.4 Å². The fourth-order valence-corrected chi connectivity index (χ4v) is 1.58. The van der Waals surface area contributed by atoms with E-state index in [1.807, 2.05) is 6.92 Å². The molecular weight excluding hydrogens is 248 g/mol. The summed E-state index contributed by atoms with van der Waals surface area (Å²) in [5.74, 6) is 0.678. The van der Waals surface area contributed by atoms with E-state index >= 15 is 0 Å². The lowest BCUT2D eigenvalue weighted by atomic mass is 10.3. The van der Waals surface area contributed by atoms with Crippen LogP contribution in [0.2, 0.25) is 0 Å². The van der Waals surface area contributed by atoms with Gasteiger partial charge in [-0.15, -0.1) is 0 Å². The monoisotopic (exact) mass is 260 g/mol. The van der Waals surface area contributed by atoms with Crippen LogP contribution in [0.4, 0.5) is 0 Å². The molecule has 5 heteroatoms. The Morgan fingerprint density at radius 1 is 1.57 bits per heavy atom. The number of hydrogen-bond donors (Lipinski definition) is 1. The number of ether oxygens (including phenoxy) is 1. The highest BCUT2D eigenvalue weighted by molar-refractivity contribution is 9.10. The molecule has 78 valence electrons. The summed E-state index contributed by atoms with van der Waals surface area (Å²) in [6, 6.07) is 0. The van der Waals surface area contributed by atoms with Crippen LogP contribution >= 0.6 is 15.9 Å². The Morgan fingerprint density at radius 3 is 2.86 bits per heavy atom. The summed E-state index contributed by atoms with van der Waals surface area (Å²) < 4.78 is 5.44. The standard InChI is InChI=1S/C9H13BrN2O2/c1-3-6-8(10)9(13)12-7(11-6)4-5-14-2/h3-5H2,1-2H3,(H,11,12,13). The summed E-state index contributed by atoms with van der Waals surface area (Å²) in [6.07, 6.45) is 1.37. The molecule has 1 heterocycles. The Hall–Kier alpha value is -0.680. The molecule has 0 saturated carbocycles. The predicted octanol–water partition coefficient (Wildman–Crippen LogP) is 1.28. The Kier molecular flexibility index (Phi) is 4.28. The van der Waals surface area contributed by atoms with Gasteiger partial charge in [0, 0.05) is 13.5 Å². The predicted molar refractivity (Wildman–Crippen MR) is 57.5 cm³/mol. The molecule has 0 unspecified atom stereocenters. The zero-order valence-electron chi connectivity index (χ0n) is 8.26. The number of aromatic nitrogens is 2. The maximum atomic E-state index is 11.4. The van der Waals surface area contributed by atoms with E-state index in [0.717, 1.165) is 12.1 Å². The van der Waals surface area contributed by atoms with Gasteiger partial charge in [-0.05, 0) is 22.4 Å². The van der Waals surface area contributed by atoms with Crippen molar-refractivity contribution in [3.8, 4) is 0 Å². The van der Waals surface area contributed by atoms with Crippen LogP contribution in [-0.2, 0) is 17.6 Å². The molecule has 0 atom stereocenters. The fraction of sp³-hybridized carbons (Fsp3) is 0.556. The molecule has 0 amide bonds. The molecule has 0 bridgehead atoms. The van der Waals surface area contributed by atoms with Crippen LogP contribution in [0.5, 0.6) is 0 Å². The van der Waals surface area contributed by atoms with Crippen LogP contribution < -0.4 is 5.56 Å². The van der Waals surface area contributed by atoms with Crippen LogP contribution in [0, 0.1) is 0 Å². The highest BCUT2D eigenvalue weighted by atomic mass is 79.9. The van der Waals surface area contributed by atoms with Gasteiger partial charge in [-0.1, -0.05) is 6.92 Å². The molecule has 1 rings (SSSR count). The van der Waals surface area contributed by atoms with Gasteiger partial charge in [0.25, 0.3) is 5.56 Å². The molecule has 4 nitrogen and oxygen atoms in total. The normalized spacial score (nSPS) is 10.5. The first-order valence-corrected chi connectivity index (χ1v) is 5.24. The van der Waals surface area contributed by atoms with E-state index in [9.17, 15) is 4.79 Å². The highest BCUT2D eigenvalue weighted by Crippen LogP contribution is 2.09. The first-order chi connectivity index (χ1) is 6.69. The maximum absolute atomic E-state index is 11.4. The second-order valence-electron chi connectivity index (χ2n) is 2.87. The molecule has 1 N–H and O–H groups in total. The number of aromatic amines is 1. The zero-order chi connectivity index (χ0) is 10.6. The van der Waals surface area contributed by atoms with E-state index in [1.165, 1.54) is 0 Å². The van der Waals surface area contributed by atoms with E-state index < -0.39 is 0 Å². The molecule has 0 aromatic carbocycles. The summed E-state index contributed by atoms with van der Waals surface area (Å²) in [7, 11) is 1.62. The summed E-state index contributed by atoms with van der Waals surface area (Å²) in [4.78, 5) is 18.4. The SMILES string of the molecule is CCc1nc(CCOC)[nH]c(=O)c1Br. The van der Waals surface area contributed by atoms with Gasteiger partial charge in [-0.3, -0.25) is 4.79 Å². The number of aryl methyl sites for hydroxylation is 1. The number of nitrogens with one attached hydrogen (secondary N) is 1. The molecule has 1 aromatic rings. The van der Waals surface area contributed by atoms with Crippen molar-refractivity contribution < 1.29 is 4.74 Å². The molecule has 1 aromatic heterocycles. The molecule has 0 aliphatic heterocycles. The topological polar surface area (TPSA) is 55.0 Å². The largest absolute Gasteiger partial charge is 0.384 e. The zero-order valence-corrected chi connectivity index (χ0v) is 9.85. The lowest BCUT2D eigenvalue weighted by Crippen LogP contribution is -2.16. The number of rotatable bonds is 4. The van der Waals surface area contributed by atoms with Crippen LogP contribution in [-0.4, -0.2) is 23.7 Å². The minimum atomic E-state index is -0.122. The van der Waals surface area contributed by atoms with E-state index in [4.69, 9.17) is 4.74 Å². The molecule has 0 aliphatic carbocycles. The van der Waals surface area contributed by atoms with Crippen molar-refractivity contribution in [1.82, 2.24) is 9.97 Å². The van der Waals surface area contributed by atoms with Crippen molar-refractivity contribution in [2.45, 2.75) is 19.8 Å². The number of H-pyrrole nitrogens is 1. The van der Waals surface area contributed by atoms with Gasteiger partial charge in [0.15, 0.2) is 0 Å². The molecule has 0 aliphatic rings. The molecule has 0 saturated heterocycles. The fourth-order valence-electron chi connectivity index (χ4n) is 1.11. The summed E-state index contributed by atoms with van der Waals surface area (Å²) in [6.45, 7) is 2.53. The Morgan fingerprint density at radius 2 is 2.29 bits per heavy atom. The van der Waals surface area contributed by atoms with Crippen LogP contribution in [0.15, 0.2) is 9.27 Å². The molecule has 14 heavy (non-hydrogen) atoms. The van der Waals surface area contributed by atoms with Gasteiger partial charge in [-0.25, -0.2) is 4.98 Å². The average molecular weight is 261 g/mol. The average Bonchev–Trinajstić information content (AvgIpc) is 2.19. The number of methoxy groups -OCH3 is 1. The van der Waals surface area contributed by atoms with E-state index in [2.05, 4.69) is 25.9 Å². The van der Waals surface area contributed by atoms with Crippen molar-refractivity contribution in [1.29, 1.82) is 0 Å². The Bertz CT molecular complexity index is 362. The van der Waals surface area contributed by atoms with Crippen molar-refractivity contribution in [2.24, 2.45) is 0 Å². The van der Waals surface area contributed by atoms with E-state index in [0.29, 0.717) is 23.3 Å². The second-order valence-corrected chi connectivity index (χ2v) is 3.66. The van der Waals surface area contributed by atoms with Gasteiger partial charge in [0.05, 0.1) is 12.3 Å². The van der Waals surface area contributed by atoms with Gasteiger partial charge >= 0.3 is 0 Å². The van der Waals surface area contributed by atoms with Gasteiger partial charge in [-0.2, -0.15) is 0 Å². The lowest BCUT2D eigenvalue weighted by molar-refractivity contribution is 0.200. The summed E-state index contributed by atoms with van der Waals surface area (Å²) in [5.41, 5.74) is 0.669. The second kappa shape index (κ2) is 5.26. The van der Waals surface area contributed by atoms with E-state index in [1.54, 1.807) is 7.11 Å². The Balaban J connectivity index is 2.98. The minimum absolute atomic E-state index is 0.122. The summed E-state index contributed by atoms with van der Waals surface area (Å²) in [5, 5.41) is 0. The Labute approximate surface area is 90.8 Å². The molecule has 0 spiro atoms. The third-order valence-corrected chi connectivity index (χ3v) is 2.68. The van der Waals surface area contributed by atoms with E-state index in [-0.39, 0.29) is 5.56 Å². The molecular formula is C9H13BrN2O2.